The maximum absolute atomic E-state index is 13.2. The zero-order valence-corrected chi connectivity index (χ0v) is 20.1. The van der Waals surface area contributed by atoms with Gasteiger partial charge in [0.2, 0.25) is 0 Å². The van der Waals surface area contributed by atoms with Crippen molar-refractivity contribution >= 4 is 58.2 Å². The number of aromatic nitrogens is 2. The van der Waals surface area contributed by atoms with Crippen molar-refractivity contribution in [1.82, 2.24) is 15.0 Å². The van der Waals surface area contributed by atoms with Gasteiger partial charge in [0, 0.05) is 17.3 Å². The molecule has 11 heteroatoms. The number of fused-ring (bicyclic) bond motifs is 1. The summed E-state index contributed by atoms with van der Waals surface area (Å²) in [7, 11) is 0. The molecule has 4 rings (SSSR count). The number of hydrogen-bond acceptors (Lipinski definition) is 7. The zero-order valence-electron chi connectivity index (χ0n) is 18.6. The van der Waals surface area contributed by atoms with Crippen molar-refractivity contribution in [2.24, 2.45) is 5.10 Å². The lowest BCUT2D eigenvalue weighted by atomic mass is 10.2. The Morgan fingerprint density at radius 2 is 1.83 bits per heavy atom. The maximum Gasteiger partial charge on any atom is 0.276 e. The van der Waals surface area contributed by atoms with E-state index in [1.165, 1.54) is 29.0 Å². The van der Waals surface area contributed by atoms with Gasteiger partial charge in [0.25, 0.3) is 17.2 Å². The van der Waals surface area contributed by atoms with E-state index < -0.39 is 10.8 Å². The van der Waals surface area contributed by atoms with Crippen LogP contribution in [0.5, 0.6) is 0 Å². The van der Waals surface area contributed by atoms with Crippen molar-refractivity contribution in [3.8, 4) is 5.69 Å². The van der Waals surface area contributed by atoms with Gasteiger partial charge in [0.05, 0.1) is 32.8 Å². The number of carbonyl (C=O) groups excluding carboxylic acids is 1. The van der Waals surface area contributed by atoms with Crippen LogP contribution < -0.4 is 11.0 Å². The molecule has 9 nitrogen and oxygen atoms in total. The third-order valence-corrected chi connectivity index (χ3v) is 6.11. The first-order chi connectivity index (χ1) is 17.4. The molecule has 0 fully saturated rings. The second kappa shape index (κ2) is 11.4. The van der Waals surface area contributed by atoms with E-state index in [1.807, 2.05) is 0 Å². The number of nitro benzene ring substituents is 1. The van der Waals surface area contributed by atoms with Gasteiger partial charge in [0.1, 0.15) is 0 Å². The Labute approximate surface area is 214 Å². The molecule has 0 atom stereocenters. The summed E-state index contributed by atoms with van der Waals surface area (Å²) >= 11 is 7.08. The number of thioether (sulfide) groups is 1. The number of carbonyl (C=O) groups is 1. The van der Waals surface area contributed by atoms with Crippen molar-refractivity contribution in [1.29, 1.82) is 0 Å². The fourth-order valence-corrected chi connectivity index (χ4v) is 4.21. The molecule has 0 radical (unpaired) electrons. The first-order valence-electron chi connectivity index (χ1n) is 10.6. The van der Waals surface area contributed by atoms with Crippen LogP contribution in [0.15, 0.2) is 93.9 Å². The molecule has 0 aliphatic rings. The van der Waals surface area contributed by atoms with Gasteiger partial charge in [-0.2, -0.15) is 5.10 Å². The van der Waals surface area contributed by atoms with E-state index in [4.69, 9.17) is 11.6 Å². The predicted octanol–water partition coefficient (Wildman–Crippen LogP) is 4.85. The second-order valence-corrected chi connectivity index (χ2v) is 8.68. The molecule has 0 aliphatic heterocycles. The predicted molar refractivity (Wildman–Crippen MR) is 142 cm³/mol. The average Bonchev–Trinajstić information content (AvgIpc) is 2.88. The van der Waals surface area contributed by atoms with E-state index >= 15 is 0 Å². The molecule has 1 heterocycles. The average molecular weight is 520 g/mol. The molecule has 180 valence electrons. The number of allylic oxidation sites excluding steroid dienone is 1. The topological polar surface area (TPSA) is 119 Å². The van der Waals surface area contributed by atoms with Gasteiger partial charge in [-0.3, -0.25) is 24.3 Å². The monoisotopic (exact) mass is 519 g/mol. The molecule has 1 N–H and O–H groups in total. The number of nitrogens with zero attached hydrogens (tertiary/aromatic N) is 4. The summed E-state index contributed by atoms with van der Waals surface area (Å²) in [5.41, 5.74) is 3.61. The number of amides is 1. The highest BCUT2D eigenvalue weighted by molar-refractivity contribution is 7.99. The third-order valence-electron chi connectivity index (χ3n) is 4.92. The summed E-state index contributed by atoms with van der Waals surface area (Å²) in [4.78, 5) is 40.7. The number of hydrogen-bond donors (Lipinski definition) is 1. The van der Waals surface area contributed by atoms with Crippen LogP contribution in [0.25, 0.3) is 22.7 Å². The highest BCUT2D eigenvalue weighted by atomic mass is 35.5. The van der Waals surface area contributed by atoms with Gasteiger partial charge in [0.15, 0.2) is 5.16 Å². The molecule has 36 heavy (non-hydrogen) atoms. The first-order valence-corrected chi connectivity index (χ1v) is 11.9. The van der Waals surface area contributed by atoms with Crippen LogP contribution >= 0.6 is 23.4 Å². The molecule has 0 aliphatic carbocycles. The largest absolute Gasteiger partial charge is 0.276 e. The Morgan fingerprint density at radius 1 is 1.11 bits per heavy atom. The quantitative estimate of drug-likeness (QED) is 0.117. The standard InChI is InChI=1S/C25H18ClN5O4S/c26-18-11-13-19(14-12-18)30-24(33)20-8-2-3-9-21(20)28-25(30)36-16-23(32)29-27-15-5-7-17-6-1-4-10-22(17)31(34)35/h1-15H,16H2,(H,29,32)/b7-5+,27-15-. The molecular formula is C25H18ClN5O4S. The van der Waals surface area contributed by atoms with Crippen LogP contribution in [-0.2, 0) is 4.79 Å². The molecule has 0 bridgehead atoms. The maximum atomic E-state index is 13.2. The third kappa shape index (κ3) is 5.85. The van der Waals surface area contributed by atoms with Crippen molar-refractivity contribution < 1.29 is 9.72 Å². The van der Waals surface area contributed by atoms with Crippen molar-refractivity contribution in [3.63, 3.8) is 0 Å². The molecule has 0 spiro atoms. The van der Waals surface area contributed by atoms with E-state index in [-0.39, 0.29) is 17.0 Å². The summed E-state index contributed by atoms with van der Waals surface area (Å²) in [5.74, 6) is -0.468. The molecule has 0 saturated heterocycles. The van der Waals surface area contributed by atoms with Crippen LogP contribution in [-0.4, -0.2) is 32.3 Å². The number of para-hydroxylation sites is 2. The summed E-state index contributed by atoms with van der Waals surface area (Å²) in [5, 5.41) is 16.2. The van der Waals surface area contributed by atoms with Gasteiger partial charge in [-0.1, -0.05) is 47.6 Å². The van der Waals surface area contributed by atoms with Gasteiger partial charge < -0.3 is 0 Å². The minimum absolute atomic E-state index is 0.0304. The number of hydrazone groups is 1. The molecule has 1 amide bonds. The highest BCUT2D eigenvalue weighted by Crippen LogP contribution is 2.22. The fraction of sp³-hybridized carbons (Fsp3) is 0.0400. The summed E-state index contributed by atoms with van der Waals surface area (Å²) in [6, 6.07) is 20.0. The normalized spacial score (nSPS) is 11.4. The van der Waals surface area contributed by atoms with Crippen LogP contribution in [0.3, 0.4) is 0 Å². The van der Waals surface area contributed by atoms with Crippen molar-refractivity contribution in [3.05, 3.63) is 110 Å². The minimum Gasteiger partial charge on any atom is -0.272 e. The lowest BCUT2D eigenvalue weighted by molar-refractivity contribution is -0.385. The Balaban J connectivity index is 1.47. The van der Waals surface area contributed by atoms with E-state index in [9.17, 15) is 19.7 Å². The van der Waals surface area contributed by atoms with E-state index in [0.717, 1.165) is 11.8 Å². The Morgan fingerprint density at radius 3 is 2.61 bits per heavy atom. The van der Waals surface area contributed by atoms with Gasteiger partial charge >= 0.3 is 0 Å². The van der Waals surface area contributed by atoms with Gasteiger partial charge in [-0.15, -0.1) is 0 Å². The van der Waals surface area contributed by atoms with E-state index in [2.05, 4.69) is 15.5 Å². The Bertz CT molecular complexity index is 1550. The van der Waals surface area contributed by atoms with Crippen molar-refractivity contribution in [2.45, 2.75) is 5.16 Å². The zero-order chi connectivity index (χ0) is 25.5. The van der Waals surface area contributed by atoms with E-state index in [1.54, 1.807) is 66.7 Å². The Kier molecular flexibility index (Phi) is 7.89. The smallest absolute Gasteiger partial charge is 0.272 e. The van der Waals surface area contributed by atoms with Gasteiger partial charge in [-0.05, 0) is 54.6 Å². The second-order valence-electron chi connectivity index (χ2n) is 7.31. The fourth-order valence-electron chi connectivity index (χ4n) is 3.28. The first kappa shape index (κ1) is 24.8. The lowest BCUT2D eigenvalue weighted by Gasteiger charge is -2.13. The number of nitro groups is 1. The number of halogens is 1. The number of rotatable bonds is 8. The minimum atomic E-state index is -0.472. The van der Waals surface area contributed by atoms with Crippen molar-refractivity contribution in [2.75, 3.05) is 5.75 Å². The lowest BCUT2D eigenvalue weighted by Crippen LogP contribution is -2.24. The molecule has 0 unspecified atom stereocenters. The van der Waals surface area contributed by atoms with Gasteiger partial charge in [-0.25, -0.2) is 10.4 Å². The summed E-state index contributed by atoms with van der Waals surface area (Å²) in [6.45, 7) is 0. The van der Waals surface area contributed by atoms with Crippen LogP contribution in [0.2, 0.25) is 5.02 Å². The molecule has 4 aromatic rings. The van der Waals surface area contributed by atoms with Crippen LogP contribution in [0.4, 0.5) is 5.69 Å². The highest BCUT2D eigenvalue weighted by Gasteiger charge is 2.15. The SMILES string of the molecule is O=C(CSc1nc2ccccc2c(=O)n1-c1ccc(Cl)cc1)N/N=C\C=C\c1ccccc1[N+](=O)[O-]. The van der Waals surface area contributed by atoms with Crippen LogP contribution in [0, 0.1) is 10.1 Å². The number of benzene rings is 3. The van der Waals surface area contributed by atoms with Crippen LogP contribution in [0.1, 0.15) is 5.56 Å². The number of nitrogens with one attached hydrogen (secondary N) is 1. The molecule has 3 aromatic carbocycles. The van der Waals surface area contributed by atoms with E-state index in [0.29, 0.717) is 32.3 Å². The Hall–Kier alpha value is -4.28. The summed E-state index contributed by atoms with van der Waals surface area (Å²) in [6.07, 6.45) is 4.32. The molecule has 0 saturated carbocycles. The molecule has 1 aromatic heterocycles. The molecular weight excluding hydrogens is 502 g/mol. The summed E-state index contributed by atoms with van der Waals surface area (Å²) < 4.78 is 1.44.